The van der Waals surface area contributed by atoms with Crippen LogP contribution in [0.15, 0.2) is 205 Å². The summed E-state index contributed by atoms with van der Waals surface area (Å²) < 4.78 is 4.78. The Morgan fingerprint density at radius 1 is 0.531 bits per heavy atom. The highest BCUT2D eigenvalue weighted by atomic mass is 15.1. The van der Waals surface area contributed by atoms with Gasteiger partial charge in [0.25, 0.3) is 0 Å². The van der Waals surface area contributed by atoms with Gasteiger partial charge in [-0.05, 0) is 106 Å². The van der Waals surface area contributed by atoms with Gasteiger partial charge in [-0.15, -0.1) is 0 Å². The zero-order chi connectivity index (χ0) is 43.2. The van der Waals surface area contributed by atoms with Crippen molar-refractivity contribution in [3.8, 4) is 33.4 Å². The van der Waals surface area contributed by atoms with Crippen LogP contribution >= 0.6 is 0 Å². The first kappa shape index (κ1) is 37.9. The Balaban J connectivity index is 0.998. The van der Waals surface area contributed by atoms with Gasteiger partial charge in [0.2, 0.25) is 0 Å². The highest BCUT2D eigenvalue weighted by Gasteiger charge is 2.36. The van der Waals surface area contributed by atoms with Gasteiger partial charge in [0, 0.05) is 49.1 Å². The second-order valence-electron chi connectivity index (χ2n) is 18.2. The van der Waals surface area contributed by atoms with Crippen LogP contribution < -0.4 is 0 Å². The summed E-state index contributed by atoms with van der Waals surface area (Å²) in [5.41, 5.74) is 17.1. The number of nitrogens with zero attached hydrogens (tertiary/aromatic N) is 3. The summed E-state index contributed by atoms with van der Waals surface area (Å²) in [5.74, 6) is 0. The van der Waals surface area contributed by atoms with Crippen molar-refractivity contribution in [1.29, 1.82) is 5.41 Å². The van der Waals surface area contributed by atoms with E-state index in [1.807, 2.05) is 48.8 Å². The molecule has 2 aliphatic carbocycles. The zero-order valence-corrected chi connectivity index (χ0v) is 36.2. The molecular formula is C60H46N4. The molecular weight excluding hydrogens is 777 g/mol. The Hall–Kier alpha value is -7.82. The average Bonchev–Trinajstić information content (AvgIpc) is 3.92. The van der Waals surface area contributed by atoms with E-state index in [1.165, 1.54) is 66.0 Å². The fourth-order valence-electron chi connectivity index (χ4n) is 10.7. The maximum absolute atomic E-state index is 9.37. The monoisotopic (exact) mass is 822 g/mol. The second-order valence-corrected chi connectivity index (χ2v) is 18.2. The van der Waals surface area contributed by atoms with E-state index in [4.69, 9.17) is 4.99 Å². The maximum Gasteiger partial charge on any atom is 0.100 e. The summed E-state index contributed by atoms with van der Waals surface area (Å²) in [6.45, 7) is 7.04. The standard InChI is InChI=1S/C60H46N4/c1-59(2)51-21-11-8-18-44(51)47-37-57-50(36-52(47)59)49-35-42(43-29-31-56-48(34-43)45-19-10-13-23-55(45)64(56)60(3)32-14-5-15-33-60)28-30-54(49)63(57)38-62-53-22-12-9-20-46(53)58(61)41-26-24-40(25-27-41)39-16-6-4-7-17-39/h4-32,34-38,61H,33H2,1-3H3/b61-58?,62-38+. The van der Waals surface area contributed by atoms with Gasteiger partial charge in [-0.25, -0.2) is 4.99 Å². The molecule has 4 heteroatoms. The van der Waals surface area contributed by atoms with E-state index in [-0.39, 0.29) is 11.0 Å². The smallest absolute Gasteiger partial charge is 0.100 e. The lowest BCUT2D eigenvalue weighted by molar-refractivity contribution is 0.437. The van der Waals surface area contributed by atoms with Crippen molar-refractivity contribution in [3.63, 3.8) is 0 Å². The van der Waals surface area contributed by atoms with E-state index in [1.54, 1.807) is 0 Å². The summed E-state index contributed by atoms with van der Waals surface area (Å²) in [4.78, 5) is 5.20. The van der Waals surface area contributed by atoms with Gasteiger partial charge in [-0.1, -0.05) is 166 Å². The highest BCUT2D eigenvalue weighted by molar-refractivity contribution is 6.16. The van der Waals surface area contributed by atoms with E-state index in [0.29, 0.717) is 5.71 Å². The van der Waals surface area contributed by atoms with E-state index in [9.17, 15) is 5.41 Å². The number of aromatic nitrogens is 2. The Morgan fingerprint density at radius 3 is 1.97 bits per heavy atom. The molecule has 0 saturated heterocycles. The molecule has 1 N–H and O–H groups in total. The van der Waals surface area contributed by atoms with Gasteiger partial charge >= 0.3 is 0 Å². The number of para-hydroxylation sites is 2. The number of benzene rings is 8. The molecule has 0 amide bonds. The lowest BCUT2D eigenvalue weighted by atomic mass is 9.82. The first-order valence-corrected chi connectivity index (χ1v) is 22.3. The molecule has 4 nitrogen and oxygen atoms in total. The predicted molar refractivity (Wildman–Crippen MR) is 270 cm³/mol. The van der Waals surface area contributed by atoms with Crippen molar-refractivity contribution in [2.75, 3.05) is 0 Å². The maximum atomic E-state index is 9.37. The van der Waals surface area contributed by atoms with Crippen LogP contribution in [0.4, 0.5) is 5.69 Å². The third-order valence-corrected chi connectivity index (χ3v) is 14.0. The quantitative estimate of drug-likeness (QED) is 0.123. The third-order valence-electron chi connectivity index (χ3n) is 14.0. The Bertz CT molecular complexity index is 3630. The Morgan fingerprint density at radius 2 is 1.17 bits per heavy atom. The molecule has 1 atom stereocenters. The number of hydrogen-bond acceptors (Lipinski definition) is 2. The molecule has 2 heterocycles. The summed E-state index contributed by atoms with van der Waals surface area (Å²) in [6.07, 6.45) is 11.9. The largest absolute Gasteiger partial charge is 0.331 e. The minimum atomic E-state index is -0.150. The van der Waals surface area contributed by atoms with Crippen LogP contribution in [-0.4, -0.2) is 21.2 Å². The van der Waals surface area contributed by atoms with Crippen LogP contribution in [0.5, 0.6) is 0 Å². The van der Waals surface area contributed by atoms with Gasteiger partial charge in [0.15, 0.2) is 0 Å². The number of allylic oxidation sites excluding steroid dienone is 4. The van der Waals surface area contributed by atoms with Crippen molar-refractivity contribution in [3.05, 3.63) is 222 Å². The van der Waals surface area contributed by atoms with Crippen LogP contribution in [0, 0.1) is 5.41 Å². The first-order valence-electron chi connectivity index (χ1n) is 22.3. The summed E-state index contributed by atoms with van der Waals surface area (Å²) in [7, 11) is 0. The molecule has 0 radical (unpaired) electrons. The fourth-order valence-corrected chi connectivity index (χ4v) is 10.7. The Labute approximate surface area is 373 Å². The third kappa shape index (κ3) is 5.83. The molecule has 0 aliphatic heterocycles. The molecule has 64 heavy (non-hydrogen) atoms. The number of aliphatic imine (C=N–C) groups is 1. The summed E-state index contributed by atoms with van der Waals surface area (Å²) >= 11 is 0. The van der Waals surface area contributed by atoms with Gasteiger partial charge < -0.3 is 4.57 Å². The molecule has 10 aromatic rings. The second kappa shape index (κ2) is 14.4. The molecule has 12 rings (SSSR count). The van der Waals surface area contributed by atoms with E-state index < -0.39 is 0 Å². The lowest BCUT2D eigenvalue weighted by Crippen LogP contribution is -2.27. The van der Waals surface area contributed by atoms with Crippen molar-refractivity contribution in [2.24, 2.45) is 4.99 Å². The van der Waals surface area contributed by atoms with Crippen LogP contribution in [-0.2, 0) is 11.0 Å². The number of fused-ring (bicyclic) bond motifs is 9. The lowest BCUT2D eigenvalue weighted by Gasteiger charge is -2.31. The Kier molecular flexibility index (Phi) is 8.51. The highest BCUT2D eigenvalue weighted by Crippen LogP contribution is 2.51. The van der Waals surface area contributed by atoms with E-state index >= 15 is 0 Å². The van der Waals surface area contributed by atoms with Crippen LogP contribution in [0.1, 0.15) is 49.4 Å². The molecule has 306 valence electrons. The van der Waals surface area contributed by atoms with Crippen molar-refractivity contribution < 1.29 is 0 Å². The van der Waals surface area contributed by atoms with Gasteiger partial charge in [0.05, 0.1) is 28.0 Å². The molecule has 8 aromatic carbocycles. The van der Waals surface area contributed by atoms with Crippen LogP contribution in [0.3, 0.4) is 0 Å². The van der Waals surface area contributed by atoms with Crippen molar-refractivity contribution in [1.82, 2.24) is 9.13 Å². The van der Waals surface area contributed by atoms with Crippen molar-refractivity contribution >= 4 is 61.3 Å². The number of nitrogens with one attached hydrogen (secondary N) is 1. The SMILES string of the molecule is CC1(C)c2ccccc2-c2cc3c(cc21)c1cc(-c2ccc4c(c2)c2ccccc2n4C2(C)C=CC=CC2)ccc1n3/C=N/c1ccccc1C(=N)c1ccc(-c2ccccc2)cc1. The topological polar surface area (TPSA) is 46.1 Å². The summed E-state index contributed by atoms with van der Waals surface area (Å²) in [5, 5.41) is 14.3. The van der Waals surface area contributed by atoms with Crippen LogP contribution in [0.2, 0.25) is 0 Å². The fraction of sp³-hybridized carbons (Fsp3) is 0.100. The van der Waals surface area contributed by atoms with E-state index in [0.717, 1.165) is 45.4 Å². The molecule has 0 saturated carbocycles. The van der Waals surface area contributed by atoms with Gasteiger partial charge in [0.1, 0.15) is 6.34 Å². The van der Waals surface area contributed by atoms with E-state index in [2.05, 4.69) is 188 Å². The summed E-state index contributed by atoms with van der Waals surface area (Å²) in [6, 6.07) is 63.0. The first-order chi connectivity index (χ1) is 31.3. The van der Waals surface area contributed by atoms with Gasteiger partial charge in [-0.2, -0.15) is 0 Å². The minimum Gasteiger partial charge on any atom is -0.331 e. The number of hydrogen-bond donors (Lipinski definition) is 1. The minimum absolute atomic E-state index is 0.141. The molecule has 2 aromatic heterocycles. The molecule has 1 unspecified atom stereocenters. The number of rotatable bonds is 7. The predicted octanol–water partition coefficient (Wildman–Crippen LogP) is 15.4. The molecule has 0 fully saturated rings. The zero-order valence-electron chi connectivity index (χ0n) is 36.2. The van der Waals surface area contributed by atoms with Crippen LogP contribution in [0.25, 0.3) is 77.0 Å². The average molecular weight is 823 g/mol. The van der Waals surface area contributed by atoms with Crippen molar-refractivity contribution in [2.45, 2.75) is 38.1 Å². The molecule has 0 bridgehead atoms. The molecule has 2 aliphatic rings. The normalized spacial score (nSPS) is 16.4. The molecule has 0 spiro atoms. The van der Waals surface area contributed by atoms with Gasteiger partial charge in [-0.3, -0.25) is 9.98 Å².